The molecule has 1 saturated heterocycles. The lowest BCUT2D eigenvalue weighted by Crippen LogP contribution is -2.38. The minimum Gasteiger partial charge on any atom is -0.496 e. The first-order valence-electron chi connectivity index (χ1n) is 7.54. The Morgan fingerprint density at radius 3 is 2.92 bits per heavy atom. The van der Waals surface area contributed by atoms with E-state index < -0.39 is 4.92 Å². The van der Waals surface area contributed by atoms with E-state index in [1.54, 1.807) is 0 Å². The van der Waals surface area contributed by atoms with Crippen LogP contribution in [0.15, 0.2) is 23.3 Å². The fourth-order valence-corrected chi connectivity index (χ4v) is 2.25. The minimum absolute atomic E-state index is 0.0732. The van der Waals surface area contributed by atoms with Gasteiger partial charge in [-0.2, -0.15) is 5.10 Å². The van der Waals surface area contributed by atoms with Crippen molar-refractivity contribution in [3.05, 3.63) is 33.9 Å². The van der Waals surface area contributed by atoms with Gasteiger partial charge in [0.2, 0.25) is 5.91 Å². The molecule has 1 aliphatic heterocycles. The Bertz CT molecular complexity index is 614. The smallest absolute Gasteiger partial charge is 0.270 e. The van der Waals surface area contributed by atoms with E-state index in [2.05, 4.69) is 15.4 Å². The first kappa shape index (κ1) is 17.8. The molecule has 0 aromatic heterocycles. The van der Waals surface area contributed by atoms with Crippen LogP contribution in [0, 0.1) is 10.1 Å². The average Bonchev–Trinajstić information content (AvgIpc) is 2.60. The molecule has 0 radical (unpaired) electrons. The molecule has 0 saturated carbocycles. The number of methoxy groups -OCH3 is 1. The first-order chi connectivity index (χ1) is 11.6. The maximum Gasteiger partial charge on any atom is 0.270 e. The number of nitrogens with zero attached hydrogens (tertiary/aromatic N) is 3. The number of rotatable bonds is 7. The maximum atomic E-state index is 11.8. The van der Waals surface area contributed by atoms with Gasteiger partial charge in [0.05, 0.1) is 31.5 Å². The third kappa shape index (κ3) is 5.28. The van der Waals surface area contributed by atoms with Crippen molar-refractivity contribution in [3.8, 4) is 5.75 Å². The van der Waals surface area contributed by atoms with Crippen LogP contribution in [0.1, 0.15) is 12.0 Å². The Balaban J connectivity index is 1.87. The molecule has 0 spiro atoms. The SMILES string of the molecule is COc1ccc([N+](=O)[O-])cc1/C=N/NC(=O)CCN1CCOCC1. The molecule has 0 unspecified atom stereocenters. The summed E-state index contributed by atoms with van der Waals surface area (Å²) in [6, 6.07) is 4.17. The van der Waals surface area contributed by atoms with Gasteiger partial charge in [-0.25, -0.2) is 5.43 Å². The highest BCUT2D eigenvalue weighted by molar-refractivity contribution is 5.86. The highest BCUT2D eigenvalue weighted by Crippen LogP contribution is 2.22. The number of carbonyl (C=O) groups is 1. The zero-order chi connectivity index (χ0) is 17.4. The van der Waals surface area contributed by atoms with Crippen molar-refractivity contribution in [2.75, 3.05) is 40.0 Å². The largest absolute Gasteiger partial charge is 0.496 e. The number of hydrazone groups is 1. The molecule has 0 bridgehead atoms. The van der Waals surface area contributed by atoms with E-state index in [-0.39, 0.29) is 11.6 Å². The van der Waals surface area contributed by atoms with Crippen molar-refractivity contribution in [1.82, 2.24) is 10.3 Å². The number of amides is 1. The molecule has 1 fully saturated rings. The predicted octanol–water partition coefficient (Wildman–Crippen LogP) is 0.776. The summed E-state index contributed by atoms with van der Waals surface area (Å²) in [6.07, 6.45) is 1.65. The van der Waals surface area contributed by atoms with Crippen LogP contribution in [0.25, 0.3) is 0 Å². The van der Waals surface area contributed by atoms with Gasteiger partial charge in [-0.15, -0.1) is 0 Å². The van der Waals surface area contributed by atoms with Crippen molar-refractivity contribution < 1.29 is 19.2 Å². The van der Waals surface area contributed by atoms with Gasteiger partial charge in [-0.1, -0.05) is 0 Å². The number of ether oxygens (including phenoxy) is 2. The zero-order valence-corrected chi connectivity index (χ0v) is 13.4. The standard InChI is InChI=1S/C15H20N4O5/c1-23-14-3-2-13(19(21)22)10-12(14)11-16-17-15(20)4-5-18-6-8-24-9-7-18/h2-3,10-11H,4-9H2,1H3,(H,17,20)/b16-11+. The molecule has 1 aromatic carbocycles. The van der Waals surface area contributed by atoms with E-state index in [1.165, 1.54) is 31.5 Å². The Hall–Kier alpha value is -2.52. The Labute approximate surface area is 139 Å². The van der Waals surface area contributed by atoms with E-state index >= 15 is 0 Å². The minimum atomic E-state index is -0.502. The fraction of sp³-hybridized carbons (Fsp3) is 0.467. The van der Waals surface area contributed by atoms with E-state index in [0.29, 0.717) is 37.5 Å². The van der Waals surface area contributed by atoms with Crippen LogP contribution in [0.5, 0.6) is 5.75 Å². The lowest BCUT2D eigenvalue weighted by atomic mass is 10.2. The van der Waals surface area contributed by atoms with Gasteiger partial charge in [0.1, 0.15) is 5.75 Å². The average molecular weight is 336 g/mol. The lowest BCUT2D eigenvalue weighted by Gasteiger charge is -2.25. The monoisotopic (exact) mass is 336 g/mol. The molecule has 24 heavy (non-hydrogen) atoms. The molecule has 1 heterocycles. The number of hydrogen-bond acceptors (Lipinski definition) is 7. The normalized spacial score (nSPS) is 15.4. The predicted molar refractivity (Wildman–Crippen MR) is 87.3 cm³/mol. The summed E-state index contributed by atoms with van der Waals surface area (Å²) < 4.78 is 10.4. The summed E-state index contributed by atoms with van der Waals surface area (Å²) in [6.45, 7) is 3.66. The maximum absolute atomic E-state index is 11.8. The number of nitrogens with one attached hydrogen (secondary N) is 1. The molecule has 2 rings (SSSR count). The number of carbonyl (C=O) groups excluding carboxylic acids is 1. The topological polar surface area (TPSA) is 106 Å². The van der Waals surface area contributed by atoms with Crippen molar-refractivity contribution in [1.29, 1.82) is 0 Å². The molecular weight excluding hydrogens is 316 g/mol. The van der Waals surface area contributed by atoms with E-state index in [9.17, 15) is 14.9 Å². The molecule has 130 valence electrons. The summed E-state index contributed by atoms with van der Waals surface area (Å²) in [7, 11) is 1.46. The summed E-state index contributed by atoms with van der Waals surface area (Å²) in [4.78, 5) is 24.2. The number of non-ortho nitro benzene ring substituents is 1. The summed E-state index contributed by atoms with van der Waals surface area (Å²) in [5.74, 6) is 0.217. The Kier molecular flexibility index (Phi) is 6.64. The van der Waals surface area contributed by atoms with Gasteiger partial charge in [0, 0.05) is 43.8 Å². The Morgan fingerprint density at radius 1 is 1.50 bits per heavy atom. The number of nitro groups is 1. The number of morpholine rings is 1. The Morgan fingerprint density at radius 2 is 2.25 bits per heavy atom. The number of benzene rings is 1. The second kappa shape index (κ2) is 8.94. The van der Waals surface area contributed by atoms with Crippen LogP contribution in [-0.4, -0.2) is 61.9 Å². The van der Waals surface area contributed by atoms with Gasteiger partial charge >= 0.3 is 0 Å². The quantitative estimate of drug-likeness (QED) is 0.448. The van der Waals surface area contributed by atoms with Crippen LogP contribution >= 0.6 is 0 Å². The molecule has 9 nitrogen and oxygen atoms in total. The van der Waals surface area contributed by atoms with Crippen LogP contribution in [-0.2, 0) is 9.53 Å². The van der Waals surface area contributed by atoms with Crippen LogP contribution in [0.3, 0.4) is 0 Å². The van der Waals surface area contributed by atoms with E-state index in [0.717, 1.165) is 13.1 Å². The zero-order valence-electron chi connectivity index (χ0n) is 13.4. The molecule has 0 atom stereocenters. The molecule has 9 heteroatoms. The first-order valence-corrected chi connectivity index (χ1v) is 7.54. The van der Waals surface area contributed by atoms with Crippen molar-refractivity contribution in [3.63, 3.8) is 0 Å². The van der Waals surface area contributed by atoms with Gasteiger partial charge in [0.25, 0.3) is 5.69 Å². The van der Waals surface area contributed by atoms with Crippen molar-refractivity contribution >= 4 is 17.8 Å². The molecule has 1 N–H and O–H groups in total. The number of hydrogen-bond donors (Lipinski definition) is 1. The third-order valence-corrected chi connectivity index (χ3v) is 3.58. The van der Waals surface area contributed by atoms with Gasteiger partial charge < -0.3 is 9.47 Å². The van der Waals surface area contributed by atoms with Crippen LogP contribution in [0.2, 0.25) is 0 Å². The van der Waals surface area contributed by atoms with Crippen molar-refractivity contribution in [2.24, 2.45) is 5.10 Å². The third-order valence-electron chi connectivity index (χ3n) is 3.58. The molecule has 0 aliphatic carbocycles. The van der Waals surface area contributed by atoms with E-state index in [4.69, 9.17) is 9.47 Å². The molecular formula is C15H20N4O5. The van der Waals surface area contributed by atoms with E-state index in [1.807, 2.05) is 0 Å². The van der Waals surface area contributed by atoms with Gasteiger partial charge in [-0.05, 0) is 6.07 Å². The van der Waals surface area contributed by atoms with Gasteiger partial charge in [0.15, 0.2) is 0 Å². The van der Waals surface area contributed by atoms with Crippen LogP contribution in [0.4, 0.5) is 5.69 Å². The highest BCUT2D eigenvalue weighted by Gasteiger charge is 2.12. The second-order valence-corrected chi connectivity index (χ2v) is 5.18. The second-order valence-electron chi connectivity index (χ2n) is 5.18. The molecule has 1 aromatic rings. The molecule has 1 aliphatic rings. The molecule has 1 amide bonds. The summed E-state index contributed by atoms with van der Waals surface area (Å²) >= 11 is 0. The van der Waals surface area contributed by atoms with Crippen molar-refractivity contribution in [2.45, 2.75) is 6.42 Å². The lowest BCUT2D eigenvalue weighted by molar-refractivity contribution is -0.384. The summed E-state index contributed by atoms with van der Waals surface area (Å²) in [5, 5.41) is 14.7. The fourth-order valence-electron chi connectivity index (χ4n) is 2.25. The van der Waals surface area contributed by atoms with Crippen LogP contribution < -0.4 is 10.2 Å². The van der Waals surface area contributed by atoms with Gasteiger partial charge in [-0.3, -0.25) is 19.8 Å². The highest BCUT2D eigenvalue weighted by atomic mass is 16.6. The number of nitro benzene ring substituents is 1. The summed E-state index contributed by atoms with van der Waals surface area (Å²) in [5.41, 5.74) is 2.76.